The van der Waals surface area contributed by atoms with E-state index in [0.29, 0.717) is 11.3 Å². The van der Waals surface area contributed by atoms with Crippen LogP contribution in [0, 0.1) is 6.92 Å². The molecule has 1 aromatic heterocycles. The molecule has 0 fully saturated rings. The molecule has 0 saturated carbocycles. The van der Waals surface area contributed by atoms with Crippen molar-refractivity contribution in [3.63, 3.8) is 0 Å². The molecule has 0 radical (unpaired) electrons. The summed E-state index contributed by atoms with van der Waals surface area (Å²) in [6, 6.07) is -0.160. The Morgan fingerprint density at radius 2 is 2.21 bits per heavy atom. The molecule has 0 amide bonds. The third kappa shape index (κ3) is 4.48. The number of aryl methyl sites for hydroxylation is 1. The number of hydrogen-bond donors (Lipinski definition) is 3. The zero-order chi connectivity index (χ0) is 14.5. The molecule has 1 atom stereocenters. The summed E-state index contributed by atoms with van der Waals surface area (Å²) in [6.07, 6.45) is 0.760. The Balaban J connectivity index is 2.75. The zero-order valence-electron chi connectivity index (χ0n) is 11.4. The lowest BCUT2D eigenvalue weighted by atomic mass is 10.3. The highest BCUT2D eigenvalue weighted by Crippen LogP contribution is 2.16. The van der Waals surface area contributed by atoms with E-state index in [1.165, 1.54) is 0 Å². The van der Waals surface area contributed by atoms with Crippen LogP contribution in [-0.2, 0) is 16.6 Å². The summed E-state index contributed by atoms with van der Waals surface area (Å²) in [6.45, 7) is 5.23. The average Bonchev–Trinajstić information content (AvgIpc) is 2.70. The molecule has 6 nitrogen and oxygen atoms in total. The maximum absolute atomic E-state index is 12.2. The van der Waals surface area contributed by atoms with Crippen LogP contribution in [0.4, 0.5) is 0 Å². The standard InChI is InChI=1S/C11H21N3O3S2/c1-4-18-6-5-8(2)14-19(16,17)11-10(7-15)9(3)12-13-11/h8,14-15H,4-7H2,1-3H3,(H,12,13). The third-order valence-corrected chi connectivity index (χ3v) is 5.20. The lowest BCUT2D eigenvalue weighted by molar-refractivity contribution is 0.277. The van der Waals surface area contributed by atoms with E-state index in [4.69, 9.17) is 0 Å². The van der Waals surface area contributed by atoms with Crippen LogP contribution >= 0.6 is 11.8 Å². The Morgan fingerprint density at radius 1 is 1.53 bits per heavy atom. The maximum Gasteiger partial charge on any atom is 0.260 e. The molecule has 0 saturated heterocycles. The summed E-state index contributed by atoms with van der Waals surface area (Å²) in [5, 5.41) is 15.4. The molecule has 1 heterocycles. The second-order valence-electron chi connectivity index (χ2n) is 4.30. The molecule has 3 N–H and O–H groups in total. The molecular weight excluding hydrogens is 286 g/mol. The molecule has 0 aliphatic rings. The van der Waals surface area contributed by atoms with Gasteiger partial charge in [0, 0.05) is 17.3 Å². The largest absolute Gasteiger partial charge is 0.392 e. The molecule has 0 spiro atoms. The first-order valence-corrected chi connectivity index (χ1v) is 8.81. The van der Waals surface area contributed by atoms with Crippen molar-refractivity contribution < 1.29 is 13.5 Å². The second kappa shape index (κ2) is 7.28. The van der Waals surface area contributed by atoms with Gasteiger partial charge in [0.05, 0.1) is 6.61 Å². The molecule has 0 bridgehead atoms. The topological polar surface area (TPSA) is 95.1 Å². The van der Waals surface area contributed by atoms with Gasteiger partial charge in [0.2, 0.25) is 0 Å². The van der Waals surface area contributed by atoms with Gasteiger partial charge in [-0.25, -0.2) is 13.1 Å². The van der Waals surface area contributed by atoms with E-state index < -0.39 is 10.0 Å². The fraction of sp³-hybridized carbons (Fsp3) is 0.727. The summed E-state index contributed by atoms with van der Waals surface area (Å²) in [4.78, 5) is 0. The normalized spacial score (nSPS) is 13.7. The predicted molar refractivity (Wildman–Crippen MR) is 76.6 cm³/mol. The van der Waals surface area contributed by atoms with Crippen molar-refractivity contribution in [1.29, 1.82) is 0 Å². The molecule has 110 valence electrons. The number of nitrogens with zero attached hydrogens (tertiary/aromatic N) is 1. The highest BCUT2D eigenvalue weighted by Gasteiger charge is 2.24. The first-order valence-electron chi connectivity index (χ1n) is 6.17. The number of aromatic amines is 1. The first-order chi connectivity index (χ1) is 8.92. The number of nitrogens with one attached hydrogen (secondary N) is 2. The van der Waals surface area contributed by atoms with Crippen LogP contribution in [0.1, 0.15) is 31.5 Å². The van der Waals surface area contributed by atoms with Crippen molar-refractivity contribution in [2.45, 2.75) is 44.9 Å². The Kier molecular flexibility index (Phi) is 6.31. The fourth-order valence-electron chi connectivity index (χ4n) is 1.62. The highest BCUT2D eigenvalue weighted by molar-refractivity contribution is 7.99. The summed E-state index contributed by atoms with van der Waals surface area (Å²) in [7, 11) is -3.68. The van der Waals surface area contributed by atoms with Crippen molar-refractivity contribution in [1.82, 2.24) is 14.9 Å². The smallest absolute Gasteiger partial charge is 0.260 e. The number of H-pyrrole nitrogens is 1. The van der Waals surface area contributed by atoms with Crippen molar-refractivity contribution in [3.05, 3.63) is 11.3 Å². The minimum atomic E-state index is -3.68. The molecular formula is C11H21N3O3S2. The van der Waals surface area contributed by atoms with Crippen molar-refractivity contribution in [2.75, 3.05) is 11.5 Å². The van der Waals surface area contributed by atoms with Crippen LogP contribution in [0.3, 0.4) is 0 Å². The van der Waals surface area contributed by atoms with Crippen LogP contribution in [0.5, 0.6) is 0 Å². The predicted octanol–water partition coefficient (Wildman–Crippen LogP) is 1.02. The van der Waals surface area contributed by atoms with Crippen LogP contribution in [0.25, 0.3) is 0 Å². The number of aliphatic hydroxyl groups excluding tert-OH is 1. The van der Waals surface area contributed by atoms with Gasteiger partial charge in [0.15, 0.2) is 5.03 Å². The molecule has 19 heavy (non-hydrogen) atoms. The molecule has 0 aliphatic carbocycles. The maximum atomic E-state index is 12.2. The Morgan fingerprint density at radius 3 is 2.79 bits per heavy atom. The van der Waals surface area contributed by atoms with Crippen LogP contribution < -0.4 is 4.72 Å². The van der Waals surface area contributed by atoms with Crippen molar-refractivity contribution >= 4 is 21.8 Å². The van der Waals surface area contributed by atoms with E-state index in [-0.39, 0.29) is 17.7 Å². The van der Waals surface area contributed by atoms with Crippen molar-refractivity contribution in [2.24, 2.45) is 0 Å². The van der Waals surface area contributed by atoms with E-state index in [1.807, 2.05) is 6.92 Å². The van der Waals surface area contributed by atoms with Crippen LogP contribution in [-0.4, -0.2) is 41.3 Å². The summed E-state index contributed by atoms with van der Waals surface area (Å²) >= 11 is 1.77. The number of aromatic nitrogens is 2. The monoisotopic (exact) mass is 307 g/mol. The van der Waals surface area contributed by atoms with Crippen LogP contribution in [0.2, 0.25) is 0 Å². The van der Waals surface area contributed by atoms with E-state index in [2.05, 4.69) is 21.8 Å². The SMILES string of the molecule is CCSCCC(C)NS(=O)(=O)c1n[nH]c(C)c1CO. The minimum absolute atomic E-state index is 0.109. The average molecular weight is 307 g/mol. The van der Waals surface area contributed by atoms with Gasteiger partial charge in [-0.2, -0.15) is 16.9 Å². The molecule has 1 rings (SSSR count). The zero-order valence-corrected chi connectivity index (χ0v) is 13.1. The molecule has 1 aromatic rings. The molecule has 1 unspecified atom stereocenters. The van der Waals surface area contributed by atoms with Gasteiger partial charge in [0.25, 0.3) is 10.0 Å². The van der Waals surface area contributed by atoms with Gasteiger partial charge in [-0.3, -0.25) is 5.10 Å². The number of thioether (sulfide) groups is 1. The van der Waals surface area contributed by atoms with E-state index in [9.17, 15) is 13.5 Å². The number of sulfonamides is 1. The van der Waals surface area contributed by atoms with E-state index in [0.717, 1.165) is 17.9 Å². The van der Waals surface area contributed by atoms with Crippen LogP contribution in [0.15, 0.2) is 5.03 Å². The van der Waals surface area contributed by atoms with E-state index >= 15 is 0 Å². The molecule has 0 aromatic carbocycles. The van der Waals surface area contributed by atoms with Gasteiger partial charge < -0.3 is 5.11 Å². The van der Waals surface area contributed by atoms with Crippen molar-refractivity contribution in [3.8, 4) is 0 Å². The lowest BCUT2D eigenvalue weighted by Crippen LogP contribution is -2.33. The third-order valence-electron chi connectivity index (χ3n) is 2.70. The minimum Gasteiger partial charge on any atom is -0.392 e. The summed E-state index contributed by atoms with van der Waals surface area (Å²) in [5.74, 6) is 1.93. The van der Waals surface area contributed by atoms with Gasteiger partial charge in [-0.05, 0) is 31.8 Å². The van der Waals surface area contributed by atoms with E-state index in [1.54, 1.807) is 18.7 Å². The number of rotatable bonds is 8. The Labute approximate surface area is 118 Å². The second-order valence-corrected chi connectivity index (χ2v) is 7.32. The van der Waals surface area contributed by atoms with Gasteiger partial charge >= 0.3 is 0 Å². The van der Waals surface area contributed by atoms with Gasteiger partial charge in [-0.15, -0.1) is 0 Å². The quantitative estimate of drug-likeness (QED) is 0.623. The highest BCUT2D eigenvalue weighted by atomic mass is 32.2. The van der Waals surface area contributed by atoms with Gasteiger partial charge in [0.1, 0.15) is 0 Å². The number of aliphatic hydroxyl groups is 1. The summed E-state index contributed by atoms with van der Waals surface area (Å²) in [5.41, 5.74) is 0.889. The fourth-order valence-corrected chi connectivity index (χ4v) is 3.90. The molecule has 8 heteroatoms. The molecule has 0 aliphatic heterocycles. The number of hydrogen-bond acceptors (Lipinski definition) is 5. The Bertz CT molecular complexity index is 499. The Hall–Kier alpha value is -0.570. The first kappa shape index (κ1) is 16.5. The van der Waals surface area contributed by atoms with Gasteiger partial charge in [-0.1, -0.05) is 6.92 Å². The summed E-state index contributed by atoms with van der Waals surface area (Å²) < 4.78 is 26.9. The lowest BCUT2D eigenvalue weighted by Gasteiger charge is -2.13.